The Morgan fingerprint density at radius 3 is 1.74 bits per heavy atom. The Kier molecular flexibility index (Phi) is 9.01. The number of aliphatic imine (C=N–C) groups is 1. The van der Waals surface area contributed by atoms with E-state index < -0.39 is 6.15 Å². The molecule has 2 heterocycles. The average molecular weight is 451 g/mol. The number of hydrogen-bond acceptors (Lipinski definition) is 2. The topological polar surface area (TPSA) is 15.6 Å². The zero-order chi connectivity index (χ0) is 23.5. The van der Waals surface area contributed by atoms with E-state index in [1.165, 1.54) is 86.6 Å². The van der Waals surface area contributed by atoms with E-state index in [9.17, 15) is 0 Å². The summed E-state index contributed by atoms with van der Waals surface area (Å²) in [6.07, 6.45) is 9.36. The highest BCUT2D eigenvalue weighted by molar-refractivity contribution is 7.11. The van der Waals surface area contributed by atoms with Crippen molar-refractivity contribution in [1.82, 2.24) is 4.90 Å². The van der Waals surface area contributed by atoms with Crippen molar-refractivity contribution in [3.8, 4) is 0 Å². The van der Waals surface area contributed by atoms with E-state index in [2.05, 4.69) is 108 Å². The molecule has 3 aromatic carbocycles. The van der Waals surface area contributed by atoms with Gasteiger partial charge in [-0.15, -0.1) is 0 Å². The number of fused-ring (bicyclic) bond motifs is 1. The molecule has 34 heavy (non-hydrogen) atoms. The zero-order valence-corrected chi connectivity index (χ0v) is 20.9. The zero-order valence-electron chi connectivity index (χ0n) is 20.9. The Labute approximate surface area is 207 Å². The molecule has 0 saturated carbocycles. The van der Waals surface area contributed by atoms with E-state index in [-0.39, 0.29) is 0 Å². The first-order valence-corrected chi connectivity index (χ1v) is 13.5. The van der Waals surface area contributed by atoms with Crippen LogP contribution in [-0.2, 0) is 0 Å². The van der Waals surface area contributed by atoms with Crippen molar-refractivity contribution in [3.63, 3.8) is 0 Å². The van der Waals surface area contributed by atoms with Crippen LogP contribution in [0.2, 0.25) is 6.32 Å². The highest BCUT2D eigenvalue weighted by Gasteiger charge is 2.28. The number of amidine groups is 1. The normalized spacial score (nSPS) is 15.9. The molecule has 2 aliphatic rings. The lowest BCUT2D eigenvalue weighted by atomic mass is 9.14. The van der Waals surface area contributed by atoms with Gasteiger partial charge in [0.2, 0.25) is 0 Å². The summed E-state index contributed by atoms with van der Waals surface area (Å²) < 4.78 is 0. The maximum absolute atomic E-state index is 4.55. The van der Waals surface area contributed by atoms with Gasteiger partial charge in [0.15, 0.2) is 0 Å². The van der Waals surface area contributed by atoms with Crippen LogP contribution in [0.15, 0.2) is 96.0 Å². The monoisotopic (exact) mass is 451 g/mol. The van der Waals surface area contributed by atoms with Gasteiger partial charge in [-0.2, -0.15) is 22.7 Å². The van der Waals surface area contributed by atoms with Crippen LogP contribution in [-0.4, -0.2) is 36.5 Å². The lowest BCUT2D eigenvalue weighted by molar-refractivity contribution is 0.391. The largest absolute Gasteiger partial charge is 0.360 e. The molecule has 0 aliphatic carbocycles. The average Bonchev–Trinajstić information content (AvgIpc) is 3.17. The van der Waals surface area contributed by atoms with Gasteiger partial charge in [0.05, 0.1) is 12.0 Å². The van der Waals surface area contributed by atoms with Crippen LogP contribution in [0, 0.1) is 0 Å². The van der Waals surface area contributed by atoms with E-state index in [4.69, 9.17) is 0 Å². The Hall–Kier alpha value is -2.81. The molecule has 0 bridgehead atoms. The van der Waals surface area contributed by atoms with Crippen LogP contribution >= 0.6 is 0 Å². The smallest absolute Gasteiger partial charge is 0.0988 e. The van der Waals surface area contributed by atoms with Gasteiger partial charge in [-0.05, 0) is 19.3 Å². The SMILES string of the molecule is C1CCC2=NCCCN2CC1.CCCC[B-](c1ccccc1)(c1ccccc1)c1ccccc1. The molecule has 1 saturated heterocycles. The van der Waals surface area contributed by atoms with Crippen LogP contribution in [0.4, 0.5) is 0 Å². The van der Waals surface area contributed by atoms with Crippen molar-refractivity contribution in [2.45, 2.75) is 58.2 Å². The molecule has 0 amide bonds. The quantitative estimate of drug-likeness (QED) is 0.444. The first kappa shape index (κ1) is 24.3. The highest BCUT2D eigenvalue weighted by Crippen LogP contribution is 2.17. The van der Waals surface area contributed by atoms with Gasteiger partial charge in [0.25, 0.3) is 0 Å². The number of hydrogen-bond donors (Lipinski definition) is 0. The van der Waals surface area contributed by atoms with E-state index in [0.29, 0.717) is 0 Å². The maximum atomic E-state index is 4.55. The fraction of sp³-hybridized carbons (Fsp3) is 0.387. The third-order valence-corrected chi connectivity index (χ3v) is 7.67. The standard InChI is InChI=1S/C22H24B.C9H16N2/c1-2-3-19-23(20-13-7-4-8-14-20,21-15-9-5-10-16-21)22-17-11-6-12-18-22;1-2-5-9-10-6-4-8-11(9)7-3-1/h4-18H,2-3,19H2,1H3;1-8H2/q-1;. The number of benzene rings is 3. The Morgan fingerprint density at radius 1 is 0.676 bits per heavy atom. The predicted octanol–water partition coefficient (Wildman–Crippen LogP) is 5.62. The van der Waals surface area contributed by atoms with Crippen LogP contribution in [0.1, 0.15) is 51.9 Å². The van der Waals surface area contributed by atoms with Gasteiger partial charge in [-0.25, -0.2) is 0 Å². The molecule has 0 spiro atoms. The molecule has 0 radical (unpaired) electrons. The number of unbranched alkanes of at least 4 members (excludes halogenated alkanes) is 1. The summed E-state index contributed by atoms with van der Waals surface area (Å²) in [5.74, 6) is 1.40. The molecular weight excluding hydrogens is 411 g/mol. The van der Waals surface area contributed by atoms with E-state index >= 15 is 0 Å². The molecule has 2 aliphatic heterocycles. The number of nitrogens with zero attached hydrogens (tertiary/aromatic N) is 2. The van der Waals surface area contributed by atoms with Gasteiger partial charge in [0, 0.05) is 26.1 Å². The summed E-state index contributed by atoms with van der Waals surface area (Å²) >= 11 is 0. The van der Waals surface area contributed by atoms with E-state index in [1.54, 1.807) is 0 Å². The van der Waals surface area contributed by atoms with Crippen LogP contribution in [0.25, 0.3) is 0 Å². The predicted molar refractivity (Wildman–Crippen MR) is 151 cm³/mol. The second kappa shape index (κ2) is 12.6. The lowest BCUT2D eigenvalue weighted by Gasteiger charge is -2.43. The summed E-state index contributed by atoms with van der Waals surface area (Å²) in [5.41, 5.74) is 4.33. The summed E-state index contributed by atoms with van der Waals surface area (Å²) in [5, 5.41) is 0. The Bertz CT molecular complexity index is 905. The molecule has 0 atom stereocenters. The van der Waals surface area contributed by atoms with Crippen molar-refractivity contribution in [1.29, 1.82) is 0 Å². The van der Waals surface area contributed by atoms with Crippen LogP contribution in [0.3, 0.4) is 0 Å². The van der Waals surface area contributed by atoms with Crippen molar-refractivity contribution >= 4 is 28.4 Å². The molecule has 3 aromatic rings. The number of rotatable bonds is 6. The molecule has 2 nitrogen and oxygen atoms in total. The van der Waals surface area contributed by atoms with Gasteiger partial charge in [0.1, 0.15) is 0 Å². The molecule has 0 N–H and O–H groups in total. The van der Waals surface area contributed by atoms with E-state index in [0.717, 1.165) is 6.54 Å². The molecule has 5 rings (SSSR count). The van der Waals surface area contributed by atoms with Crippen LogP contribution < -0.4 is 16.4 Å². The maximum Gasteiger partial charge on any atom is 0.0988 e. The Morgan fingerprint density at radius 2 is 1.21 bits per heavy atom. The van der Waals surface area contributed by atoms with Gasteiger partial charge < -0.3 is 4.90 Å². The van der Waals surface area contributed by atoms with E-state index in [1.807, 2.05) is 0 Å². The molecular formula is C31H40BN2-. The Balaban J connectivity index is 0.000000207. The first-order valence-electron chi connectivity index (χ1n) is 13.5. The summed E-state index contributed by atoms with van der Waals surface area (Å²) in [6, 6.07) is 33.2. The first-order chi connectivity index (χ1) is 16.8. The third-order valence-electron chi connectivity index (χ3n) is 7.67. The highest BCUT2D eigenvalue weighted by atomic mass is 15.2. The van der Waals surface area contributed by atoms with Gasteiger partial charge >= 0.3 is 0 Å². The summed E-state index contributed by atoms with van der Waals surface area (Å²) in [7, 11) is 0. The molecule has 1 fully saturated rings. The summed E-state index contributed by atoms with van der Waals surface area (Å²) in [4.78, 5) is 7.04. The minimum absolute atomic E-state index is 0.913. The second-order valence-electron chi connectivity index (χ2n) is 9.87. The lowest BCUT2D eigenvalue weighted by Crippen LogP contribution is -2.66. The van der Waals surface area contributed by atoms with Crippen molar-refractivity contribution in [3.05, 3.63) is 91.0 Å². The minimum atomic E-state index is -0.913. The minimum Gasteiger partial charge on any atom is -0.360 e. The van der Waals surface area contributed by atoms with Gasteiger partial charge in [-0.3, -0.25) is 4.99 Å². The molecule has 0 unspecified atom stereocenters. The molecule has 3 heteroatoms. The van der Waals surface area contributed by atoms with Crippen molar-refractivity contribution in [2.75, 3.05) is 19.6 Å². The molecule has 178 valence electrons. The fourth-order valence-electron chi connectivity index (χ4n) is 5.87. The second-order valence-corrected chi connectivity index (χ2v) is 9.87. The fourth-order valence-corrected chi connectivity index (χ4v) is 5.87. The summed E-state index contributed by atoms with van der Waals surface area (Å²) in [6.45, 7) is 5.88. The van der Waals surface area contributed by atoms with Gasteiger partial charge in [-0.1, -0.05) is 117 Å². The molecule has 0 aromatic heterocycles. The third kappa shape index (κ3) is 5.81. The van der Waals surface area contributed by atoms with Crippen molar-refractivity contribution in [2.24, 2.45) is 4.99 Å². The van der Waals surface area contributed by atoms with Crippen LogP contribution in [0.5, 0.6) is 0 Å². The van der Waals surface area contributed by atoms with Crippen molar-refractivity contribution < 1.29 is 0 Å².